The maximum atomic E-state index is 11.7. The molecular formula is C10H19N5OS. The molecule has 1 heterocycles. The van der Waals surface area contributed by atoms with Crippen LogP contribution in [0, 0.1) is 0 Å². The van der Waals surface area contributed by atoms with Gasteiger partial charge in [-0.1, -0.05) is 18.3 Å². The van der Waals surface area contributed by atoms with Crippen molar-refractivity contribution in [2.45, 2.75) is 13.8 Å². The Morgan fingerprint density at radius 1 is 1.41 bits per heavy atom. The Morgan fingerprint density at radius 2 is 2.18 bits per heavy atom. The minimum atomic E-state index is -0.156. The molecule has 96 valence electrons. The fourth-order valence-electron chi connectivity index (χ4n) is 1.13. The molecular weight excluding hydrogens is 238 g/mol. The minimum Gasteiger partial charge on any atom is -0.360 e. The van der Waals surface area contributed by atoms with E-state index in [9.17, 15) is 4.79 Å². The summed E-state index contributed by atoms with van der Waals surface area (Å²) < 4.78 is 0. The smallest absolute Gasteiger partial charge is 0.282 e. The number of hydrogen-bond donors (Lipinski definition) is 2. The van der Waals surface area contributed by atoms with Crippen molar-refractivity contribution < 1.29 is 4.79 Å². The molecule has 0 aliphatic heterocycles. The molecule has 6 nitrogen and oxygen atoms in total. The van der Waals surface area contributed by atoms with Gasteiger partial charge in [0.05, 0.1) is 0 Å². The van der Waals surface area contributed by atoms with E-state index in [-0.39, 0.29) is 5.91 Å². The van der Waals surface area contributed by atoms with E-state index in [1.807, 2.05) is 14.0 Å². The average Bonchev–Trinajstić information content (AvgIpc) is 2.78. The van der Waals surface area contributed by atoms with Crippen LogP contribution in [0.25, 0.3) is 0 Å². The number of hydrogen-bond acceptors (Lipinski definition) is 6. The molecule has 0 radical (unpaired) electrons. The molecule has 2 N–H and O–H groups in total. The summed E-state index contributed by atoms with van der Waals surface area (Å²) in [7, 11) is 2.01. The lowest BCUT2D eigenvalue weighted by molar-refractivity contribution is 0.0949. The van der Waals surface area contributed by atoms with Gasteiger partial charge in [0.2, 0.25) is 10.1 Å². The minimum absolute atomic E-state index is 0.156. The van der Waals surface area contributed by atoms with Gasteiger partial charge < -0.3 is 15.5 Å². The third-order valence-corrected chi connectivity index (χ3v) is 3.15. The summed E-state index contributed by atoms with van der Waals surface area (Å²) in [6.45, 7) is 7.26. The number of aromatic nitrogens is 2. The van der Waals surface area contributed by atoms with E-state index in [0.29, 0.717) is 16.7 Å². The highest BCUT2D eigenvalue weighted by atomic mass is 32.1. The highest BCUT2D eigenvalue weighted by Crippen LogP contribution is 2.14. The number of nitrogens with one attached hydrogen (secondary N) is 2. The van der Waals surface area contributed by atoms with Gasteiger partial charge in [-0.25, -0.2) is 0 Å². The number of nitrogens with zero attached hydrogens (tertiary/aromatic N) is 3. The van der Waals surface area contributed by atoms with Gasteiger partial charge in [0, 0.05) is 19.6 Å². The zero-order chi connectivity index (χ0) is 12.7. The van der Waals surface area contributed by atoms with E-state index in [2.05, 4.69) is 32.7 Å². The second-order valence-electron chi connectivity index (χ2n) is 3.59. The molecule has 0 atom stereocenters. The van der Waals surface area contributed by atoms with Crippen molar-refractivity contribution in [3.8, 4) is 0 Å². The van der Waals surface area contributed by atoms with Gasteiger partial charge in [0.25, 0.3) is 5.91 Å². The van der Waals surface area contributed by atoms with Crippen LogP contribution in [0.15, 0.2) is 0 Å². The van der Waals surface area contributed by atoms with Gasteiger partial charge in [0.15, 0.2) is 0 Å². The second kappa shape index (κ2) is 7.18. The van der Waals surface area contributed by atoms with Gasteiger partial charge in [-0.05, 0) is 20.5 Å². The Bertz CT molecular complexity index is 354. The predicted molar refractivity (Wildman–Crippen MR) is 69.6 cm³/mol. The summed E-state index contributed by atoms with van der Waals surface area (Å²) in [5.41, 5.74) is 0. The second-order valence-corrected chi connectivity index (χ2v) is 4.57. The number of amides is 1. The molecule has 0 bridgehead atoms. The lowest BCUT2D eigenvalue weighted by atomic mass is 10.5. The Kier molecular flexibility index (Phi) is 5.85. The van der Waals surface area contributed by atoms with Crippen LogP contribution in [0.5, 0.6) is 0 Å². The molecule has 0 aliphatic carbocycles. The van der Waals surface area contributed by atoms with E-state index >= 15 is 0 Å². The molecule has 1 amide bonds. The third kappa shape index (κ3) is 4.66. The van der Waals surface area contributed by atoms with Crippen molar-refractivity contribution in [1.29, 1.82) is 0 Å². The SMILES string of the molecule is CCNc1nnc(C(=O)NCCN(C)CC)s1. The Balaban J connectivity index is 2.36. The van der Waals surface area contributed by atoms with Gasteiger partial charge in [0.1, 0.15) is 0 Å². The summed E-state index contributed by atoms with van der Waals surface area (Å²) in [6.07, 6.45) is 0. The summed E-state index contributed by atoms with van der Waals surface area (Å²) in [5, 5.41) is 14.6. The number of anilines is 1. The number of rotatable bonds is 7. The number of carbonyl (C=O) groups excluding carboxylic acids is 1. The van der Waals surface area contributed by atoms with Crippen LogP contribution in [-0.2, 0) is 0 Å². The van der Waals surface area contributed by atoms with E-state index in [1.54, 1.807) is 0 Å². The zero-order valence-electron chi connectivity index (χ0n) is 10.5. The normalized spacial score (nSPS) is 10.6. The van der Waals surface area contributed by atoms with Gasteiger partial charge in [-0.15, -0.1) is 10.2 Å². The van der Waals surface area contributed by atoms with Gasteiger partial charge in [-0.3, -0.25) is 4.79 Å². The van der Waals surface area contributed by atoms with Crippen LogP contribution < -0.4 is 10.6 Å². The first-order valence-corrected chi connectivity index (χ1v) is 6.53. The zero-order valence-corrected chi connectivity index (χ0v) is 11.3. The van der Waals surface area contributed by atoms with Crippen molar-refractivity contribution in [1.82, 2.24) is 20.4 Å². The molecule has 17 heavy (non-hydrogen) atoms. The van der Waals surface area contributed by atoms with Crippen molar-refractivity contribution in [2.75, 3.05) is 38.5 Å². The molecule has 0 unspecified atom stereocenters. The topological polar surface area (TPSA) is 70.1 Å². The van der Waals surface area contributed by atoms with Crippen LogP contribution >= 0.6 is 11.3 Å². The summed E-state index contributed by atoms with van der Waals surface area (Å²) in [6, 6.07) is 0. The van der Waals surface area contributed by atoms with Crippen molar-refractivity contribution in [3.63, 3.8) is 0 Å². The van der Waals surface area contributed by atoms with Crippen LogP contribution in [0.1, 0.15) is 23.6 Å². The van der Waals surface area contributed by atoms with Crippen molar-refractivity contribution >= 4 is 22.4 Å². The number of likely N-dealkylation sites (N-methyl/N-ethyl adjacent to an activating group) is 1. The highest BCUT2D eigenvalue weighted by molar-refractivity contribution is 7.17. The maximum absolute atomic E-state index is 11.7. The number of carbonyl (C=O) groups is 1. The lowest BCUT2D eigenvalue weighted by Crippen LogP contribution is -2.32. The summed E-state index contributed by atoms with van der Waals surface area (Å²) >= 11 is 1.27. The largest absolute Gasteiger partial charge is 0.360 e. The lowest BCUT2D eigenvalue weighted by Gasteiger charge is -2.13. The molecule has 1 aromatic heterocycles. The van der Waals surface area contributed by atoms with E-state index in [1.165, 1.54) is 11.3 Å². The molecule has 0 aromatic carbocycles. The Labute approximate surface area is 105 Å². The van der Waals surface area contributed by atoms with Gasteiger partial charge in [-0.2, -0.15) is 0 Å². The van der Waals surface area contributed by atoms with Crippen molar-refractivity contribution in [3.05, 3.63) is 5.01 Å². The van der Waals surface area contributed by atoms with Crippen LogP contribution in [0.4, 0.5) is 5.13 Å². The van der Waals surface area contributed by atoms with E-state index in [0.717, 1.165) is 19.6 Å². The standard InChI is InChI=1S/C10H19N5OS/c1-4-11-10-14-13-9(17-10)8(16)12-6-7-15(3)5-2/h4-7H2,1-3H3,(H,11,14)(H,12,16). The fourth-order valence-corrected chi connectivity index (χ4v) is 1.86. The predicted octanol–water partition coefficient (Wildman–Crippen LogP) is 0.651. The average molecular weight is 257 g/mol. The summed E-state index contributed by atoms with van der Waals surface area (Å²) in [5.74, 6) is -0.156. The van der Waals surface area contributed by atoms with E-state index < -0.39 is 0 Å². The van der Waals surface area contributed by atoms with E-state index in [4.69, 9.17) is 0 Å². The molecule has 1 rings (SSSR count). The molecule has 0 saturated heterocycles. The maximum Gasteiger partial charge on any atom is 0.282 e. The molecule has 0 saturated carbocycles. The molecule has 1 aromatic rings. The fraction of sp³-hybridized carbons (Fsp3) is 0.700. The molecule has 7 heteroatoms. The highest BCUT2D eigenvalue weighted by Gasteiger charge is 2.11. The first-order chi connectivity index (χ1) is 8.17. The Morgan fingerprint density at radius 3 is 2.82 bits per heavy atom. The molecule has 0 aliphatic rings. The van der Waals surface area contributed by atoms with Gasteiger partial charge >= 0.3 is 0 Å². The molecule has 0 spiro atoms. The molecule has 0 fully saturated rings. The monoisotopic (exact) mass is 257 g/mol. The van der Waals surface area contributed by atoms with Crippen LogP contribution in [-0.4, -0.2) is 54.2 Å². The quantitative estimate of drug-likeness (QED) is 0.750. The Hall–Kier alpha value is -1.21. The van der Waals surface area contributed by atoms with Crippen molar-refractivity contribution in [2.24, 2.45) is 0 Å². The first-order valence-electron chi connectivity index (χ1n) is 5.71. The van der Waals surface area contributed by atoms with Crippen LogP contribution in [0.3, 0.4) is 0 Å². The third-order valence-electron chi connectivity index (χ3n) is 2.27. The van der Waals surface area contributed by atoms with Crippen LogP contribution in [0.2, 0.25) is 0 Å². The summed E-state index contributed by atoms with van der Waals surface area (Å²) in [4.78, 5) is 13.8. The first kappa shape index (κ1) is 13.9.